The summed E-state index contributed by atoms with van der Waals surface area (Å²) in [6.07, 6.45) is 3.89. The van der Waals surface area contributed by atoms with Gasteiger partial charge in [0, 0.05) is 32.6 Å². The van der Waals surface area contributed by atoms with Crippen LogP contribution in [-0.2, 0) is 34.3 Å². The fraction of sp³-hybridized carbons (Fsp3) is 0.500. The lowest BCUT2D eigenvalue weighted by molar-refractivity contribution is -0.121. The number of carbonyl (C=O) groups excluding carboxylic acids is 1. The molecule has 1 amide bonds. The molecule has 6 nitrogen and oxygen atoms in total. The Morgan fingerprint density at radius 1 is 0.879 bits per heavy atom. The van der Waals surface area contributed by atoms with E-state index in [9.17, 15) is 13.2 Å². The van der Waals surface area contributed by atoms with Crippen LogP contribution in [0.25, 0.3) is 0 Å². The summed E-state index contributed by atoms with van der Waals surface area (Å²) >= 11 is 0. The molecule has 0 saturated carbocycles. The maximum absolute atomic E-state index is 12.7. The van der Waals surface area contributed by atoms with Crippen molar-refractivity contribution in [3.63, 3.8) is 0 Å². The van der Waals surface area contributed by atoms with Crippen LogP contribution in [0.1, 0.15) is 56.2 Å². The lowest BCUT2D eigenvalue weighted by Gasteiger charge is -2.25. The van der Waals surface area contributed by atoms with Crippen LogP contribution in [0.3, 0.4) is 0 Å². The third-order valence-electron chi connectivity index (χ3n) is 6.33. The van der Waals surface area contributed by atoms with Gasteiger partial charge >= 0.3 is 0 Å². The van der Waals surface area contributed by atoms with E-state index < -0.39 is 10.0 Å². The summed E-state index contributed by atoms with van der Waals surface area (Å²) in [5.41, 5.74) is 3.32. The zero-order valence-corrected chi connectivity index (χ0v) is 20.7. The molecule has 33 heavy (non-hydrogen) atoms. The van der Waals surface area contributed by atoms with Gasteiger partial charge < -0.3 is 5.32 Å². The standard InChI is InChI=1S/C26H37N3O3S/c1-3-28(4-2)21-24-10-8-23(9-11-24)20-27-26(30)17-14-22-12-15-25(16-13-22)33(31,32)29-18-6-5-7-19-29/h8-13,15-16H,3-7,14,17-21H2,1-2H3,(H,27,30). The highest BCUT2D eigenvalue weighted by Gasteiger charge is 2.25. The van der Waals surface area contributed by atoms with Gasteiger partial charge in [0.15, 0.2) is 0 Å². The summed E-state index contributed by atoms with van der Waals surface area (Å²) in [5, 5.41) is 2.98. The van der Waals surface area contributed by atoms with Gasteiger partial charge in [-0.15, -0.1) is 0 Å². The number of amides is 1. The summed E-state index contributed by atoms with van der Waals surface area (Å²) in [5.74, 6) is -0.00719. The van der Waals surface area contributed by atoms with E-state index in [0.29, 0.717) is 37.4 Å². The van der Waals surface area contributed by atoms with Crippen molar-refractivity contribution in [1.82, 2.24) is 14.5 Å². The average Bonchev–Trinajstić information content (AvgIpc) is 2.86. The zero-order chi connectivity index (χ0) is 23.7. The normalized spacial score (nSPS) is 15.0. The summed E-state index contributed by atoms with van der Waals surface area (Å²) < 4.78 is 27.1. The number of nitrogens with one attached hydrogen (secondary N) is 1. The van der Waals surface area contributed by atoms with Crippen LogP contribution in [0.5, 0.6) is 0 Å². The summed E-state index contributed by atoms with van der Waals surface area (Å²) in [6.45, 7) is 9.05. The first-order chi connectivity index (χ1) is 15.9. The van der Waals surface area contributed by atoms with Crippen LogP contribution >= 0.6 is 0 Å². The molecule has 0 spiro atoms. The topological polar surface area (TPSA) is 69.7 Å². The number of nitrogens with zero attached hydrogens (tertiary/aromatic N) is 2. The summed E-state index contributed by atoms with van der Waals surface area (Å²) in [7, 11) is -3.41. The van der Waals surface area contributed by atoms with E-state index in [2.05, 4.69) is 48.3 Å². The van der Waals surface area contributed by atoms with Crippen molar-refractivity contribution in [3.8, 4) is 0 Å². The number of hydrogen-bond acceptors (Lipinski definition) is 4. The molecular formula is C26H37N3O3S. The van der Waals surface area contributed by atoms with Crippen molar-refractivity contribution >= 4 is 15.9 Å². The fourth-order valence-electron chi connectivity index (χ4n) is 4.10. The highest BCUT2D eigenvalue weighted by atomic mass is 32.2. The van der Waals surface area contributed by atoms with Crippen molar-refractivity contribution in [2.24, 2.45) is 0 Å². The van der Waals surface area contributed by atoms with Crippen LogP contribution in [0.4, 0.5) is 0 Å². The first-order valence-electron chi connectivity index (χ1n) is 12.1. The molecule has 0 unspecified atom stereocenters. The third-order valence-corrected chi connectivity index (χ3v) is 8.24. The largest absolute Gasteiger partial charge is 0.352 e. The third kappa shape index (κ3) is 7.39. The molecule has 0 aromatic heterocycles. The Hall–Kier alpha value is -2.22. The number of rotatable bonds is 11. The van der Waals surface area contributed by atoms with Crippen molar-refractivity contribution in [3.05, 3.63) is 65.2 Å². The van der Waals surface area contributed by atoms with E-state index in [4.69, 9.17) is 0 Å². The van der Waals surface area contributed by atoms with Gasteiger partial charge in [0.05, 0.1) is 4.90 Å². The van der Waals surface area contributed by atoms with Crippen molar-refractivity contribution in [2.45, 2.75) is 63.9 Å². The Bertz CT molecular complexity index is 978. The van der Waals surface area contributed by atoms with Crippen molar-refractivity contribution < 1.29 is 13.2 Å². The number of hydrogen-bond donors (Lipinski definition) is 1. The maximum Gasteiger partial charge on any atom is 0.243 e. The summed E-state index contributed by atoms with van der Waals surface area (Å²) in [6, 6.07) is 15.4. The van der Waals surface area contributed by atoms with Gasteiger partial charge in [0.2, 0.25) is 15.9 Å². The monoisotopic (exact) mass is 471 g/mol. The minimum Gasteiger partial charge on any atom is -0.352 e. The number of benzene rings is 2. The minimum absolute atomic E-state index is 0.00719. The van der Waals surface area contributed by atoms with E-state index in [0.717, 1.165) is 50.0 Å². The van der Waals surface area contributed by atoms with Gasteiger partial charge in [-0.05, 0) is 61.2 Å². The van der Waals surface area contributed by atoms with Crippen LogP contribution in [0.2, 0.25) is 0 Å². The van der Waals surface area contributed by atoms with E-state index in [1.807, 2.05) is 12.1 Å². The van der Waals surface area contributed by atoms with Gasteiger partial charge in [0.25, 0.3) is 0 Å². The number of piperidine rings is 1. The molecule has 2 aromatic carbocycles. The SMILES string of the molecule is CCN(CC)Cc1ccc(CNC(=O)CCc2ccc(S(=O)(=O)N3CCCCC3)cc2)cc1. The van der Waals surface area contributed by atoms with Crippen molar-refractivity contribution in [2.75, 3.05) is 26.2 Å². The molecule has 1 N–H and O–H groups in total. The fourth-order valence-corrected chi connectivity index (χ4v) is 5.61. The van der Waals surface area contributed by atoms with Gasteiger partial charge in [-0.25, -0.2) is 8.42 Å². The smallest absolute Gasteiger partial charge is 0.243 e. The molecule has 7 heteroatoms. The molecule has 3 rings (SSSR count). The Balaban J connectivity index is 1.44. The lowest BCUT2D eigenvalue weighted by atomic mass is 10.1. The van der Waals surface area contributed by atoms with Crippen LogP contribution < -0.4 is 5.32 Å². The number of carbonyl (C=O) groups is 1. The van der Waals surface area contributed by atoms with Gasteiger partial charge in [0.1, 0.15) is 0 Å². The molecule has 180 valence electrons. The van der Waals surface area contributed by atoms with E-state index in [1.54, 1.807) is 16.4 Å². The molecule has 1 fully saturated rings. The van der Waals surface area contributed by atoms with E-state index in [-0.39, 0.29) is 5.91 Å². The Kier molecular flexibility index (Phi) is 9.47. The van der Waals surface area contributed by atoms with E-state index >= 15 is 0 Å². The highest BCUT2D eigenvalue weighted by Crippen LogP contribution is 2.21. The second kappa shape index (κ2) is 12.3. The molecule has 1 aliphatic rings. The minimum atomic E-state index is -3.41. The predicted molar refractivity (Wildman–Crippen MR) is 132 cm³/mol. The Morgan fingerprint density at radius 3 is 2.06 bits per heavy atom. The molecular weight excluding hydrogens is 434 g/mol. The molecule has 0 atom stereocenters. The molecule has 1 heterocycles. The van der Waals surface area contributed by atoms with Crippen LogP contribution in [-0.4, -0.2) is 49.7 Å². The lowest BCUT2D eigenvalue weighted by Crippen LogP contribution is -2.35. The molecule has 0 radical (unpaired) electrons. The zero-order valence-electron chi connectivity index (χ0n) is 19.9. The van der Waals surface area contributed by atoms with Gasteiger partial charge in [-0.1, -0.05) is 56.7 Å². The van der Waals surface area contributed by atoms with Gasteiger partial charge in [-0.3, -0.25) is 9.69 Å². The first kappa shape index (κ1) is 25.4. The molecule has 0 bridgehead atoms. The van der Waals surface area contributed by atoms with Gasteiger partial charge in [-0.2, -0.15) is 4.31 Å². The number of sulfonamides is 1. The van der Waals surface area contributed by atoms with Crippen LogP contribution in [0.15, 0.2) is 53.4 Å². The average molecular weight is 472 g/mol. The molecule has 0 aliphatic carbocycles. The Labute approximate surface area is 199 Å². The highest BCUT2D eigenvalue weighted by molar-refractivity contribution is 7.89. The second-order valence-corrected chi connectivity index (χ2v) is 10.6. The summed E-state index contributed by atoms with van der Waals surface area (Å²) in [4.78, 5) is 15.0. The van der Waals surface area contributed by atoms with Crippen molar-refractivity contribution in [1.29, 1.82) is 0 Å². The maximum atomic E-state index is 12.7. The number of aryl methyl sites for hydroxylation is 1. The second-order valence-electron chi connectivity index (χ2n) is 8.66. The van der Waals surface area contributed by atoms with Crippen LogP contribution in [0, 0.1) is 0 Å². The van der Waals surface area contributed by atoms with E-state index in [1.165, 1.54) is 5.56 Å². The first-order valence-corrected chi connectivity index (χ1v) is 13.5. The molecule has 1 aliphatic heterocycles. The Morgan fingerprint density at radius 2 is 1.45 bits per heavy atom. The predicted octanol–water partition coefficient (Wildman–Crippen LogP) is 3.95. The molecule has 1 saturated heterocycles. The molecule has 2 aromatic rings. The quantitative estimate of drug-likeness (QED) is 0.539.